The Hall–Kier alpha value is -1.39. The molecule has 0 bridgehead atoms. The standard InChI is InChI=1S/C16H22O4/c1-2-3-4-5-12-10-19-16(20-11-12)14-8-6-13(7-9-14)15(17)18/h6-9,12,16H,2-5,10-11H2,1H3,(H,17,18)/t12-,16-. The first kappa shape index (κ1) is 15.0. The van der Waals surface area contributed by atoms with Crippen LogP contribution in [0.5, 0.6) is 0 Å². The van der Waals surface area contributed by atoms with E-state index in [0.717, 1.165) is 25.2 Å². The Balaban J connectivity index is 1.82. The lowest BCUT2D eigenvalue weighted by atomic mass is 10.0. The molecule has 1 aliphatic heterocycles. The summed E-state index contributed by atoms with van der Waals surface area (Å²) in [5.41, 5.74) is 1.16. The summed E-state index contributed by atoms with van der Waals surface area (Å²) >= 11 is 0. The van der Waals surface area contributed by atoms with Gasteiger partial charge in [-0.15, -0.1) is 0 Å². The van der Waals surface area contributed by atoms with Gasteiger partial charge in [0.25, 0.3) is 0 Å². The van der Waals surface area contributed by atoms with Crippen molar-refractivity contribution in [2.75, 3.05) is 13.2 Å². The van der Waals surface area contributed by atoms with Crippen LogP contribution in [-0.4, -0.2) is 24.3 Å². The summed E-state index contributed by atoms with van der Waals surface area (Å²) in [4.78, 5) is 10.8. The zero-order chi connectivity index (χ0) is 14.4. The SMILES string of the molecule is CCCCC[C@H]1CO[C@H](c2ccc(C(=O)O)cc2)OC1. The van der Waals surface area contributed by atoms with Crippen molar-refractivity contribution in [2.45, 2.75) is 38.9 Å². The summed E-state index contributed by atoms with van der Waals surface area (Å²) < 4.78 is 11.5. The van der Waals surface area contributed by atoms with Gasteiger partial charge in [0.05, 0.1) is 18.8 Å². The lowest BCUT2D eigenvalue weighted by Gasteiger charge is -2.29. The largest absolute Gasteiger partial charge is 0.478 e. The highest BCUT2D eigenvalue weighted by Gasteiger charge is 2.23. The number of carboxylic acid groups (broad SMARTS) is 1. The highest BCUT2D eigenvalue weighted by atomic mass is 16.7. The van der Waals surface area contributed by atoms with Gasteiger partial charge >= 0.3 is 5.97 Å². The van der Waals surface area contributed by atoms with Crippen LogP contribution in [0.25, 0.3) is 0 Å². The first-order valence-electron chi connectivity index (χ1n) is 7.27. The predicted molar refractivity (Wildman–Crippen MR) is 75.7 cm³/mol. The normalized spacial score (nSPS) is 22.6. The highest BCUT2D eigenvalue weighted by Crippen LogP contribution is 2.27. The summed E-state index contributed by atoms with van der Waals surface area (Å²) in [6.07, 6.45) is 4.51. The molecule has 4 nitrogen and oxygen atoms in total. The van der Waals surface area contributed by atoms with Gasteiger partial charge in [0, 0.05) is 11.5 Å². The second kappa shape index (κ2) is 7.41. The molecule has 0 aliphatic carbocycles. The third-order valence-corrected chi connectivity index (χ3v) is 3.61. The fraction of sp³-hybridized carbons (Fsp3) is 0.562. The average molecular weight is 278 g/mol. The van der Waals surface area contributed by atoms with Crippen LogP contribution in [0.4, 0.5) is 0 Å². The summed E-state index contributed by atoms with van der Waals surface area (Å²) in [6.45, 7) is 3.63. The van der Waals surface area contributed by atoms with Gasteiger partial charge < -0.3 is 14.6 Å². The van der Waals surface area contributed by atoms with E-state index in [9.17, 15) is 4.79 Å². The molecule has 1 saturated heterocycles. The van der Waals surface area contributed by atoms with Gasteiger partial charge in [-0.25, -0.2) is 4.79 Å². The van der Waals surface area contributed by atoms with E-state index >= 15 is 0 Å². The Morgan fingerprint density at radius 2 is 1.85 bits per heavy atom. The zero-order valence-electron chi connectivity index (χ0n) is 11.9. The van der Waals surface area contributed by atoms with Gasteiger partial charge in [-0.3, -0.25) is 0 Å². The topological polar surface area (TPSA) is 55.8 Å². The van der Waals surface area contributed by atoms with Crippen molar-refractivity contribution in [3.63, 3.8) is 0 Å². The second-order valence-corrected chi connectivity index (χ2v) is 5.29. The molecule has 2 rings (SSSR count). The van der Waals surface area contributed by atoms with Gasteiger partial charge in [-0.2, -0.15) is 0 Å². The summed E-state index contributed by atoms with van der Waals surface area (Å²) in [6, 6.07) is 6.67. The minimum absolute atomic E-state index is 0.280. The lowest BCUT2D eigenvalue weighted by Crippen LogP contribution is -2.27. The van der Waals surface area contributed by atoms with Gasteiger partial charge in [-0.05, 0) is 18.6 Å². The van der Waals surface area contributed by atoms with E-state index in [1.54, 1.807) is 24.3 Å². The quantitative estimate of drug-likeness (QED) is 0.807. The summed E-state index contributed by atoms with van der Waals surface area (Å²) in [5, 5.41) is 8.86. The van der Waals surface area contributed by atoms with E-state index in [1.807, 2.05) is 0 Å². The molecule has 0 saturated carbocycles. The molecule has 4 heteroatoms. The molecule has 0 amide bonds. The maximum atomic E-state index is 10.8. The van der Waals surface area contributed by atoms with Crippen LogP contribution in [0.2, 0.25) is 0 Å². The molecule has 20 heavy (non-hydrogen) atoms. The van der Waals surface area contributed by atoms with E-state index in [0.29, 0.717) is 5.92 Å². The zero-order valence-corrected chi connectivity index (χ0v) is 11.9. The number of carboxylic acids is 1. The first-order chi connectivity index (χ1) is 9.70. The number of aromatic carboxylic acids is 1. The van der Waals surface area contributed by atoms with Crippen molar-refractivity contribution in [3.8, 4) is 0 Å². The minimum Gasteiger partial charge on any atom is -0.478 e. The Kier molecular flexibility index (Phi) is 5.56. The Morgan fingerprint density at radius 1 is 1.20 bits per heavy atom. The van der Waals surface area contributed by atoms with Crippen LogP contribution in [0.1, 0.15) is 54.8 Å². The molecule has 0 spiro atoms. The van der Waals surface area contributed by atoms with Crippen LogP contribution < -0.4 is 0 Å². The van der Waals surface area contributed by atoms with E-state index in [2.05, 4.69) is 6.92 Å². The van der Waals surface area contributed by atoms with Gasteiger partial charge in [0.2, 0.25) is 0 Å². The van der Waals surface area contributed by atoms with Crippen LogP contribution in [-0.2, 0) is 9.47 Å². The monoisotopic (exact) mass is 278 g/mol. The Bertz CT molecular complexity index is 419. The highest BCUT2D eigenvalue weighted by molar-refractivity contribution is 5.87. The first-order valence-corrected chi connectivity index (χ1v) is 7.27. The molecule has 1 aromatic carbocycles. The van der Waals surface area contributed by atoms with Crippen molar-refractivity contribution < 1.29 is 19.4 Å². The average Bonchev–Trinajstić information content (AvgIpc) is 2.48. The third kappa shape index (κ3) is 4.05. The van der Waals surface area contributed by atoms with Gasteiger partial charge in [0.15, 0.2) is 6.29 Å². The predicted octanol–water partition coefficient (Wildman–Crippen LogP) is 3.63. The third-order valence-electron chi connectivity index (χ3n) is 3.61. The number of ether oxygens (including phenoxy) is 2. The van der Waals surface area contributed by atoms with E-state index < -0.39 is 5.97 Å². The number of rotatable bonds is 6. The summed E-state index contributed by atoms with van der Waals surface area (Å²) in [7, 11) is 0. The molecule has 0 radical (unpaired) electrons. The molecule has 0 aromatic heterocycles. The van der Waals surface area contributed by atoms with Crippen molar-refractivity contribution >= 4 is 5.97 Å². The van der Waals surface area contributed by atoms with Crippen molar-refractivity contribution in [2.24, 2.45) is 5.92 Å². The maximum Gasteiger partial charge on any atom is 0.335 e. The molecule has 1 aromatic rings. The molecule has 0 atom stereocenters. The number of carbonyl (C=O) groups is 1. The van der Waals surface area contributed by atoms with Crippen LogP contribution in [0.15, 0.2) is 24.3 Å². The van der Waals surface area contributed by atoms with Crippen LogP contribution in [0, 0.1) is 5.92 Å². The molecule has 1 N–H and O–H groups in total. The fourth-order valence-corrected chi connectivity index (χ4v) is 2.37. The van der Waals surface area contributed by atoms with Crippen molar-refractivity contribution in [1.82, 2.24) is 0 Å². The van der Waals surface area contributed by atoms with E-state index in [-0.39, 0.29) is 11.9 Å². The lowest BCUT2D eigenvalue weighted by molar-refractivity contribution is -0.206. The van der Waals surface area contributed by atoms with E-state index in [1.165, 1.54) is 19.3 Å². The van der Waals surface area contributed by atoms with Crippen LogP contribution >= 0.6 is 0 Å². The molecule has 1 fully saturated rings. The van der Waals surface area contributed by atoms with E-state index in [4.69, 9.17) is 14.6 Å². The van der Waals surface area contributed by atoms with Gasteiger partial charge in [0.1, 0.15) is 0 Å². The van der Waals surface area contributed by atoms with Crippen LogP contribution in [0.3, 0.4) is 0 Å². The van der Waals surface area contributed by atoms with Crippen molar-refractivity contribution in [3.05, 3.63) is 35.4 Å². The fourth-order valence-electron chi connectivity index (χ4n) is 2.37. The number of hydrogen-bond acceptors (Lipinski definition) is 3. The summed E-state index contributed by atoms with van der Waals surface area (Å²) in [5.74, 6) is -0.436. The number of benzene rings is 1. The maximum absolute atomic E-state index is 10.8. The number of hydrogen-bond donors (Lipinski definition) is 1. The van der Waals surface area contributed by atoms with Gasteiger partial charge in [-0.1, -0.05) is 38.3 Å². The number of unbranched alkanes of at least 4 members (excludes halogenated alkanes) is 2. The minimum atomic E-state index is -0.919. The Morgan fingerprint density at radius 3 is 2.40 bits per heavy atom. The molecule has 1 aliphatic rings. The molecular formula is C16H22O4. The molecular weight excluding hydrogens is 256 g/mol. The smallest absolute Gasteiger partial charge is 0.335 e. The van der Waals surface area contributed by atoms with Crippen molar-refractivity contribution in [1.29, 1.82) is 0 Å². The Labute approximate surface area is 119 Å². The molecule has 0 unspecified atom stereocenters. The molecule has 110 valence electrons. The second-order valence-electron chi connectivity index (χ2n) is 5.29. The molecule has 1 heterocycles.